The van der Waals surface area contributed by atoms with Crippen molar-refractivity contribution in [2.75, 3.05) is 32.0 Å². The van der Waals surface area contributed by atoms with E-state index in [1.807, 2.05) is 12.1 Å². The van der Waals surface area contributed by atoms with Crippen LogP contribution < -0.4 is 29.2 Å². The number of rotatable bonds is 8. The number of methoxy groups -OCH3 is 1. The molecule has 1 saturated heterocycles. The Morgan fingerprint density at radius 2 is 2.00 bits per heavy atom. The molecule has 8 nitrogen and oxygen atoms in total. The number of hydrogen-bond donors (Lipinski definition) is 1. The second kappa shape index (κ2) is 8.74. The van der Waals surface area contributed by atoms with E-state index < -0.39 is 0 Å². The number of benzene rings is 1. The normalized spacial score (nSPS) is 21.4. The van der Waals surface area contributed by atoms with Gasteiger partial charge in [-0.25, -0.2) is 4.98 Å². The zero-order chi connectivity index (χ0) is 23.0. The standard InChI is InChI=1S/C25H31N3O5/c1-25(2)9-8-17(27-25)14-31-20-7-6-18(10-22(20)30-3)28-15-33-21-11-23(32-13-16-4-5-16)26-12-19(21)24(28)29/h6-7,10-12,16-17,27H,4-5,8-9,13-15H2,1-3H3/t17-/m1/s1. The lowest BCUT2D eigenvalue weighted by atomic mass is 10.0. The number of pyridine rings is 1. The summed E-state index contributed by atoms with van der Waals surface area (Å²) in [5.74, 6) is 2.67. The third kappa shape index (κ3) is 4.85. The number of carbonyl (C=O) groups is 1. The molecule has 0 bridgehead atoms. The molecule has 1 aromatic carbocycles. The summed E-state index contributed by atoms with van der Waals surface area (Å²) in [5, 5.41) is 3.59. The van der Waals surface area contributed by atoms with Gasteiger partial charge in [0.15, 0.2) is 18.2 Å². The van der Waals surface area contributed by atoms with Crippen LogP contribution in [0.2, 0.25) is 0 Å². The van der Waals surface area contributed by atoms with Crippen LogP contribution in [0.15, 0.2) is 30.5 Å². The summed E-state index contributed by atoms with van der Waals surface area (Å²) in [5.41, 5.74) is 1.23. The number of ether oxygens (including phenoxy) is 4. The Labute approximate surface area is 194 Å². The van der Waals surface area contributed by atoms with Crippen LogP contribution >= 0.6 is 0 Å². The number of fused-ring (bicyclic) bond motifs is 1. The molecule has 3 aliphatic rings. The molecule has 1 amide bonds. The molecule has 2 aromatic rings. The van der Waals surface area contributed by atoms with Gasteiger partial charge in [-0.2, -0.15) is 0 Å². The fourth-order valence-corrected chi connectivity index (χ4v) is 4.29. The molecule has 176 valence electrons. The van der Waals surface area contributed by atoms with Crippen molar-refractivity contribution in [3.8, 4) is 23.1 Å². The molecule has 1 aromatic heterocycles. The average Bonchev–Trinajstić information content (AvgIpc) is 3.58. The van der Waals surface area contributed by atoms with E-state index in [4.69, 9.17) is 18.9 Å². The highest BCUT2D eigenvalue weighted by molar-refractivity contribution is 6.08. The first-order valence-electron chi connectivity index (χ1n) is 11.6. The molecule has 1 N–H and O–H groups in total. The van der Waals surface area contributed by atoms with E-state index in [0.29, 0.717) is 59.6 Å². The fraction of sp³-hybridized carbons (Fsp3) is 0.520. The SMILES string of the molecule is COc1cc(N2COc3cc(OCC4CC4)ncc3C2=O)ccc1OC[C@H]1CCC(C)(C)N1. The lowest BCUT2D eigenvalue weighted by molar-refractivity contribution is 0.0936. The van der Waals surface area contributed by atoms with Crippen LogP contribution in [0.3, 0.4) is 0 Å². The number of nitrogens with one attached hydrogen (secondary N) is 1. The predicted octanol–water partition coefficient (Wildman–Crippen LogP) is 3.79. The van der Waals surface area contributed by atoms with Gasteiger partial charge in [-0.15, -0.1) is 0 Å². The number of amides is 1. The average molecular weight is 454 g/mol. The summed E-state index contributed by atoms with van der Waals surface area (Å²) in [7, 11) is 1.60. The van der Waals surface area contributed by atoms with Crippen LogP contribution in [-0.4, -0.2) is 49.5 Å². The van der Waals surface area contributed by atoms with Gasteiger partial charge in [0.05, 0.1) is 19.4 Å². The van der Waals surface area contributed by atoms with Crippen molar-refractivity contribution in [2.45, 2.75) is 51.1 Å². The lowest BCUT2D eigenvalue weighted by Gasteiger charge is -2.29. The Kier molecular flexibility index (Phi) is 5.78. The van der Waals surface area contributed by atoms with Gasteiger partial charge in [-0.3, -0.25) is 9.69 Å². The van der Waals surface area contributed by atoms with Crippen LogP contribution in [0, 0.1) is 5.92 Å². The van der Waals surface area contributed by atoms with E-state index in [1.165, 1.54) is 19.0 Å². The summed E-state index contributed by atoms with van der Waals surface area (Å²) >= 11 is 0. The van der Waals surface area contributed by atoms with Gasteiger partial charge in [0, 0.05) is 29.9 Å². The smallest absolute Gasteiger partial charge is 0.266 e. The molecule has 5 rings (SSSR count). The molecule has 0 spiro atoms. The highest BCUT2D eigenvalue weighted by Crippen LogP contribution is 2.36. The Balaban J connectivity index is 1.26. The minimum absolute atomic E-state index is 0.0996. The maximum Gasteiger partial charge on any atom is 0.266 e. The molecule has 0 radical (unpaired) electrons. The minimum atomic E-state index is -0.175. The quantitative estimate of drug-likeness (QED) is 0.651. The van der Waals surface area contributed by atoms with Gasteiger partial charge >= 0.3 is 0 Å². The first-order chi connectivity index (χ1) is 15.9. The molecule has 33 heavy (non-hydrogen) atoms. The van der Waals surface area contributed by atoms with Crippen LogP contribution in [0.4, 0.5) is 5.69 Å². The zero-order valence-electron chi connectivity index (χ0n) is 19.4. The Morgan fingerprint density at radius 1 is 1.15 bits per heavy atom. The monoisotopic (exact) mass is 453 g/mol. The number of anilines is 1. The van der Waals surface area contributed by atoms with Gasteiger partial charge in [-0.1, -0.05) is 0 Å². The number of carbonyl (C=O) groups excluding carboxylic acids is 1. The molecule has 1 aliphatic carbocycles. The van der Waals surface area contributed by atoms with E-state index >= 15 is 0 Å². The molecule has 8 heteroatoms. The van der Waals surface area contributed by atoms with E-state index in [-0.39, 0.29) is 18.2 Å². The third-order valence-corrected chi connectivity index (χ3v) is 6.44. The van der Waals surface area contributed by atoms with Crippen LogP contribution in [0.1, 0.15) is 49.9 Å². The van der Waals surface area contributed by atoms with Crippen molar-refractivity contribution in [3.63, 3.8) is 0 Å². The molecular formula is C25H31N3O5. The van der Waals surface area contributed by atoms with E-state index in [0.717, 1.165) is 12.8 Å². The number of hydrogen-bond acceptors (Lipinski definition) is 7. The van der Waals surface area contributed by atoms with Crippen molar-refractivity contribution in [3.05, 3.63) is 36.0 Å². The van der Waals surface area contributed by atoms with Crippen molar-refractivity contribution in [2.24, 2.45) is 5.92 Å². The molecule has 2 aliphatic heterocycles. The molecule has 1 atom stereocenters. The topological polar surface area (TPSA) is 82.2 Å². The highest BCUT2D eigenvalue weighted by Gasteiger charge is 2.31. The first-order valence-corrected chi connectivity index (χ1v) is 11.6. The maximum atomic E-state index is 13.1. The van der Waals surface area contributed by atoms with Gasteiger partial charge in [-0.05, 0) is 57.6 Å². The number of aromatic nitrogens is 1. The maximum absolute atomic E-state index is 13.1. The first kappa shape index (κ1) is 21.8. The number of nitrogens with zero attached hydrogens (tertiary/aromatic N) is 2. The Morgan fingerprint density at radius 3 is 2.73 bits per heavy atom. The summed E-state index contributed by atoms with van der Waals surface area (Å²) < 4.78 is 23.2. The molecular weight excluding hydrogens is 422 g/mol. The summed E-state index contributed by atoms with van der Waals surface area (Å²) in [6.07, 6.45) is 6.14. The van der Waals surface area contributed by atoms with Crippen molar-refractivity contribution in [1.82, 2.24) is 10.3 Å². The van der Waals surface area contributed by atoms with Crippen LogP contribution in [-0.2, 0) is 0 Å². The fourth-order valence-electron chi connectivity index (χ4n) is 4.29. The second-order valence-electron chi connectivity index (χ2n) is 9.69. The molecule has 3 heterocycles. The summed E-state index contributed by atoms with van der Waals surface area (Å²) in [6.45, 7) is 5.73. The summed E-state index contributed by atoms with van der Waals surface area (Å²) in [6, 6.07) is 7.49. The Hall–Kier alpha value is -3.00. The van der Waals surface area contributed by atoms with Crippen LogP contribution in [0.25, 0.3) is 0 Å². The molecule has 1 saturated carbocycles. The van der Waals surface area contributed by atoms with Crippen molar-refractivity contribution < 1.29 is 23.7 Å². The zero-order valence-corrected chi connectivity index (χ0v) is 19.4. The van der Waals surface area contributed by atoms with E-state index in [1.54, 1.807) is 24.1 Å². The lowest BCUT2D eigenvalue weighted by Crippen LogP contribution is -2.40. The van der Waals surface area contributed by atoms with Crippen LogP contribution in [0.5, 0.6) is 23.1 Å². The van der Waals surface area contributed by atoms with Gasteiger partial charge < -0.3 is 24.3 Å². The van der Waals surface area contributed by atoms with Gasteiger partial charge in [0.25, 0.3) is 5.91 Å². The Bertz CT molecular complexity index is 1040. The minimum Gasteiger partial charge on any atom is -0.493 e. The van der Waals surface area contributed by atoms with E-state index in [2.05, 4.69) is 24.1 Å². The third-order valence-electron chi connectivity index (χ3n) is 6.44. The molecule has 0 unspecified atom stereocenters. The predicted molar refractivity (Wildman–Crippen MR) is 123 cm³/mol. The van der Waals surface area contributed by atoms with E-state index in [9.17, 15) is 4.79 Å². The second-order valence-corrected chi connectivity index (χ2v) is 9.69. The largest absolute Gasteiger partial charge is 0.493 e. The molecule has 2 fully saturated rings. The highest BCUT2D eigenvalue weighted by atomic mass is 16.5. The van der Waals surface area contributed by atoms with Gasteiger partial charge in [0.1, 0.15) is 17.9 Å². The van der Waals surface area contributed by atoms with Crippen molar-refractivity contribution >= 4 is 11.6 Å². The summed E-state index contributed by atoms with van der Waals surface area (Å²) in [4.78, 5) is 19.0. The van der Waals surface area contributed by atoms with Gasteiger partial charge in [0.2, 0.25) is 5.88 Å². The van der Waals surface area contributed by atoms with Crippen molar-refractivity contribution in [1.29, 1.82) is 0 Å².